The summed E-state index contributed by atoms with van der Waals surface area (Å²) in [5.41, 5.74) is 3.43. The zero-order valence-electron chi connectivity index (χ0n) is 17.0. The number of amides is 1. The summed E-state index contributed by atoms with van der Waals surface area (Å²) in [6.07, 6.45) is 1.11. The highest BCUT2D eigenvalue weighted by Crippen LogP contribution is 2.22. The molecule has 0 atom stereocenters. The fraction of sp³-hybridized carbons (Fsp3) is 0.435. The molecule has 6 heteroatoms. The van der Waals surface area contributed by atoms with E-state index < -0.39 is 0 Å². The minimum atomic E-state index is 0.0441. The van der Waals surface area contributed by atoms with Crippen LogP contribution in [0.2, 0.25) is 5.02 Å². The van der Waals surface area contributed by atoms with Gasteiger partial charge in [0.25, 0.3) is 0 Å². The van der Waals surface area contributed by atoms with E-state index >= 15 is 0 Å². The summed E-state index contributed by atoms with van der Waals surface area (Å²) in [7, 11) is 0. The first-order valence-corrected chi connectivity index (χ1v) is 10.5. The predicted molar refractivity (Wildman–Crippen MR) is 115 cm³/mol. The van der Waals surface area contributed by atoms with Gasteiger partial charge >= 0.3 is 0 Å². The van der Waals surface area contributed by atoms with E-state index in [2.05, 4.69) is 28.4 Å². The highest BCUT2D eigenvalue weighted by molar-refractivity contribution is 6.30. The third-order valence-corrected chi connectivity index (χ3v) is 5.27. The topological polar surface area (TPSA) is 50.8 Å². The zero-order chi connectivity index (χ0) is 20.5. The molecule has 1 aliphatic heterocycles. The molecule has 156 valence electrons. The van der Waals surface area contributed by atoms with Gasteiger partial charge in [0, 0.05) is 37.6 Å². The molecule has 1 heterocycles. The van der Waals surface area contributed by atoms with Crippen molar-refractivity contribution < 1.29 is 14.3 Å². The first-order chi connectivity index (χ1) is 14.1. The van der Waals surface area contributed by atoms with Crippen molar-refractivity contribution in [2.45, 2.75) is 32.9 Å². The largest absolute Gasteiger partial charge is 0.493 e. The van der Waals surface area contributed by atoms with Crippen LogP contribution in [0.15, 0.2) is 42.5 Å². The Morgan fingerprint density at radius 1 is 1.17 bits per heavy atom. The molecule has 0 radical (unpaired) electrons. The summed E-state index contributed by atoms with van der Waals surface area (Å²) in [6, 6.07) is 13.8. The quantitative estimate of drug-likeness (QED) is 0.629. The molecule has 0 unspecified atom stereocenters. The van der Waals surface area contributed by atoms with Crippen LogP contribution in [0.5, 0.6) is 5.75 Å². The van der Waals surface area contributed by atoms with Crippen LogP contribution in [-0.2, 0) is 22.6 Å². The predicted octanol–water partition coefficient (Wildman–Crippen LogP) is 3.96. The van der Waals surface area contributed by atoms with Gasteiger partial charge in [-0.25, -0.2) is 0 Å². The van der Waals surface area contributed by atoms with Crippen molar-refractivity contribution in [1.29, 1.82) is 0 Å². The van der Waals surface area contributed by atoms with Crippen LogP contribution in [-0.4, -0.2) is 43.7 Å². The molecular weight excluding hydrogens is 388 g/mol. The third-order valence-electron chi connectivity index (χ3n) is 5.03. The van der Waals surface area contributed by atoms with Crippen LogP contribution in [0.3, 0.4) is 0 Å². The number of morpholine rings is 1. The van der Waals surface area contributed by atoms with Crippen LogP contribution < -0.4 is 10.1 Å². The van der Waals surface area contributed by atoms with Gasteiger partial charge in [-0.3, -0.25) is 9.69 Å². The Bertz CT molecular complexity index is 806. The molecule has 1 saturated heterocycles. The van der Waals surface area contributed by atoms with E-state index in [0.29, 0.717) is 31.0 Å². The lowest BCUT2D eigenvalue weighted by atomic mass is 10.1. The van der Waals surface area contributed by atoms with E-state index in [-0.39, 0.29) is 5.91 Å². The second-order valence-electron chi connectivity index (χ2n) is 7.30. The maximum atomic E-state index is 12.2. The monoisotopic (exact) mass is 416 g/mol. The number of benzene rings is 2. The van der Waals surface area contributed by atoms with Crippen molar-refractivity contribution in [3.8, 4) is 5.75 Å². The van der Waals surface area contributed by atoms with Gasteiger partial charge in [-0.1, -0.05) is 35.9 Å². The number of carbonyl (C=O) groups excluding carboxylic acids is 1. The van der Waals surface area contributed by atoms with Gasteiger partial charge < -0.3 is 14.8 Å². The fourth-order valence-electron chi connectivity index (χ4n) is 3.36. The van der Waals surface area contributed by atoms with Crippen molar-refractivity contribution in [3.63, 3.8) is 0 Å². The smallest absolute Gasteiger partial charge is 0.220 e. The average Bonchev–Trinajstić information content (AvgIpc) is 2.72. The van der Waals surface area contributed by atoms with Gasteiger partial charge in [0.15, 0.2) is 0 Å². The number of halogens is 1. The first-order valence-electron chi connectivity index (χ1n) is 10.1. The molecule has 1 fully saturated rings. The lowest BCUT2D eigenvalue weighted by molar-refractivity contribution is -0.121. The fourth-order valence-corrected chi connectivity index (χ4v) is 3.58. The number of nitrogens with one attached hydrogen (secondary N) is 1. The molecule has 0 aliphatic carbocycles. The molecule has 0 spiro atoms. The summed E-state index contributed by atoms with van der Waals surface area (Å²) >= 11 is 5.95. The molecular formula is C23H29ClN2O3. The molecule has 2 aromatic rings. The Balaban J connectivity index is 1.40. The van der Waals surface area contributed by atoms with Gasteiger partial charge in [-0.2, -0.15) is 0 Å². The molecule has 1 amide bonds. The minimum absolute atomic E-state index is 0.0441. The summed E-state index contributed by atoms with van der Waals surface area (Å²) < 4.78 is 11.2. The van der Waals surface area contributed by atoms with Crippen LogP contribution in [0.4, 0.5) is 0 Å². The number of nitrogens with zero attached hydrogens (tertiary/aromatic N) is 1. The molecule has 29 heavy (non-hydrogen) atoms. The zero-order valence-corrected chi connectivity index (χ0v) is 17.7. The average molecular weight is 417 g/mol. The van der Waals surface area contributed by atoms with Crippen LogP contribution in [0.1, 0.15) is 29.5 Å². The van der Waals surface area contributed by atoms with Gasteiger partial charge in [0.05, 0.1) is 19.8 Å². The number of carbonyl (C=O) groups is 1. The lowest BCUT2D eigenvalue weighted by Gasteiger charge is -2.27. The molecule has 3 rings (SSSR count). The van der Waals surface area contributed by atoms with E-state index in [1.165, 1.54) is 11.1 Å². The Hall–Kier alpha value is -2.08. The van der Waals surface area contributed by atoms with Crippen molar-refractivity contribution in [1.82, 2.24) is 10.2 Å². The Morgan fingerprint density at radius 2 is 1.93 bits per heavy atom. The Labute approximate surface area is 177 Å². The van der Waals surface area contributed by atoms with Gasteiger partial charge in [-0.15, -0.1) is 0 Å². The van der Waals surface area contributed by atoms with Crippen LogP contribution >= 0.6 is 11.6 Å². The number of hydrogen-bond donors (Lipinski definition) is 1. The molecule has 1 aliphatic rings. The number of ether oxygens (including phenoxy) is 2. The van der Waals surface area contributed by atoms with Crippen molar-refractivity contribution in [2.24, 2.45) is 0 Å². The van der Waals surface area contributed by atoms with E-state index in [1.54, 1.807) is 0 Å². The van der Waals surface area contributed by atoms with Crippen molar-refractivity contribution in [3.05, 3.63) is 64.2 Å². The molecule has 1 N–H and O–H groups in total. The molecule has 2 aromatic carbocycles. The summed E-state index contributed by atoms with van der Waals surface area (Å²) in [4.78, 5) is 14.6. The second-order valence-corrected chi connectivity index (χ2v) is 7.73. The minimum Gasteiger partial charge on any atom is -0.493 e. The standard InChI is InChI=1S/C23H29ClN2O3/c1-18-15-21(24)8-9-22(18)29-12-4-7-23(27)25-16-19-5-2-3-6-20(19)17-26-10-13-28-14-11-26/h2-3,5-6,8-9,15H,4,7,10-14,16-17H2,1H3,(H,25,27). The first kappa shape index (κ1) is 21.6. The van der Waals surface area contributed by atoms with E-state index in [9.17, 15) is 4.79 Å². The third kappa shape index (κ3) is 7.03. The number of hydrogen-bond acceptors (Lipinski definition) is 4. The van der Waals surface area contributed by atoms with Crippen molar-refractivity contribution >= 4 is 17.5 Å². The van der Waals surface area contributed by atoms with Crippen LogP contribution in [0.25, 0.3) is 0 Å². The van der Waals surface area contributed by atoms with Crippen LogP contribution in [0, 0.1) is 6.92 Å². The molecule has 0 bridgehead atoms. The number of rotatable bonds is 9. The maximum Gasteiger partial charge on any atom is 0.220 e. The van der Waals surface area contributed by atoms with E-state index in [0.717, 1.165) is 44.2 Å². The lowest BCUT2D eigenvalue weighted by Crippen LogP contribution is -2.36. The van der Waals surface area contributed by atoms with E-state index in [4.69, 9.17) is 21.1 Å². The van der Waals surface area contributed by atoms with Gasteiger partial charge in [0.2, 0.25) is 5.91 Å². The number of aryl methyl sites for hydroxylation is 1. The van der Waals surface area contributed by atoms with Gasteiger partial charge in [0.1, 0.15) is 5.75 Å². The Kier molecular flexibility index (Phi) is 8.35. The summed E-state index contributed by atoms with van der Waals surface area (Å²) in [5, 5.41) is 3.74. The SMILES string of the molecule is Cc1cc(Cl)ccc1OCCCC(=O)NCc1ccccc1CN1CCOCC1. The van der Waals surface area contributed by atoms with Gasteiger partial charge in [-0.05, 0) is 48.2 Å². The Morgan fingerprint density at radius 3 is 2.69 bits per heavy atom. The van der Waals surface area contributed by atoms with E-state index in [1.807, 2.05) is 31.2 Å². The maximum absolute atomic E-state index is 12.2. The molecule has 5 nitrogen and oxygen atoms in total. The molecule has 0 saturated carbocycles. The summed E-state index contributed by atoms with van der Waals surface area (Å²) in [6.45, 7) is 7.39. The summed E-state index contributed by atoms with van der Waals surface area (Å²) in [5.74, 6) is 0.856. The second kappa shape index (κ2) is 11.2. The normalized spacial score (nSPS) is 14.6. The highest BCUT2D eigenvalue weighted by atomic mass is 35.5. The highest BCUT2D eigenvalue weighted by Gasteiger charge is 2.13. The molecule has 0 aromatic heterocycles. The van der Waals surface area contributed by atoms with Crippen molar-refractivity contribution in [2.75, 3.05) is 32.9 Å².